The van der Waals surface area contributed by atoms with Crippen LogP contribution < -0.4 is 0 Å². The summed E-state index contributed by atoms with van der Waals surface area (Å²) in [4.78, 5) is 18.6. The first-order valence-electron chi connectivity index (χ1n) is 8.35. The summed E-state index contributed by atoms with van der Waals surface area (Å²) in [6.07, 6.45) is 7.61. The fraction of sp³-hybridized carbons (Fsp3) is 0.706. The molecule has 1 saturated carbocycles. The molecule has 0 atom stereocenters. The fourth-order valence-electron chi connectivity index (χ4n) is 3.68. The van der Waals surface area contributed by atoms with Crippen molar-refractivity contribution in [2.45, 2.75) is 58.0 Å². The summed E-state index contributed by atoms with van der Waals surface area (Å²) < 4.78 is 0. The minimum atomic E-state index is 0.319. The second kappa shape index (κ2) is 6.93. The Morgan fingerprint density at radius 3 is 2.95 bits per heavy atom. The van der Waals surface area contributed by atoms with E-state index in [1.165, 1.54) is 42.5 Å². The van der Waals surface area contributed by atoms with Crippen LogP contribution >= 0.6 is 11.3 Å². The highest BCUT2D eigenvalue weighted by Gasteiger charge is 2.26. The standard InChI is InChI=1S/C17H26N2OS/c1-2-18(15-6-4-3-5-7-15)13-17(20)19-10-8-16-14(12-19)9-11-21-16/h9,11,15H,2-8,10,12-13H2,1H3. The van der Waals surface area contributed by atoms with Crippen LogP contribution in [0.3, 0.4) is 0 Å². The van der Waals surface area contributed by atoms with E-state index >= 15 is 0 Å². The van der Waals surface area contributed by atoms with Crippen LogP contribution in [0.25, 0.3) is 0 Å². The number of amides is 1. The van der Waals surface area contributed by atoms with E-state index in [-0.39, 0.29) is 0 Å². The zero-order valence-electron chi connectivity index (χ0n) is 13.0. The van der Waals surface area contributed by atoms with Crippen LogP contribution in [0.15, 0.2) is 11.4 Å². The van der Waals surface area contributed by atoms with Crippen LogP contribution in [0.4, 0.5) is 0 Å². The minimum absolute atomic E-state index is 0.319. The van der Waals surface area contributed by atoms with Crippen LogP contribution in [0.5, 0.6) is 0 Å². The molecular weight excluding hydrogens is 280 g/mol. The average molecular weight is 306 g/mol. The van der Waals surface area contributed by atoms with E-state index in [4.69, 9.17) is 0 Å². The number of rotatable bonds is 4. The third-order valence-electron chi connectivity index (χ3n) is 5.00. The van der Waals surface area contributed by atoms with Gasteiger partial charge in [-0.15, -0.1) is 11.3 Å². The number of carbonyl (C=O) groups excluding carboxylic acids is 1. The molecule has 2 aliphatic rings. The van der Waals surface area contributed by atoms with E-state index < -0.39 is 0 Å². The molecular formula is C17H26N2OS. The molecule has 1 aliphatic carbocycles. The van der Waals surface area contributed by atoms with Gasteiger partial charge in [0.2, 0.25) is 5.91 Å². The Balaban J connectivity index is 1.57. The van der Waals surface area contributed by atoms with Gasteiger partial charge in [0.15, 0.2) is 0 Å². The van der Waals surface area contributed by atoms with Gasteiger partial charge in [0.25, 0.3) is 0 Å². The second-order valence-corrected chi connectivity index (χ2v) is 7.29. The molecule has 0 N–H and O–H groups in total. The van der Waals surface area contributed by atoms with Crippen molar-refractivity contribution < 1.29 is 4.79 Å². The van der Waals surface area contributed by atoms with Gasteiger partial charge in [-0.2, -0.15) is 0 Å². The Morgan fingerprint density at radius 1 is 1.38 bits per heavy atom. The van der Waals surface area contributed by atoms with Crippen molar-refractivity contribution in [3.63, 3.8) is 0 Å². The highest BCUT2D eigenvalue weighted by atomic mass is 32.1. The van der Waals surface area contributed by atoms with Gasteiger partial charge in [-0.3, -0.25) is 9.69 Å². The predicted molar refractivity (Wildman–Crippen MR) is 87.6 cm³/mol. The Hall–Kier alpha value is -0.870. The summed E-state index contributed by atoms with van der Waals surface area (Å²) in [6, 6.07) is 2.81. The van der Waals surface area contributed by atoms with Gasteiger partial charge in [-0.05, 0) is 42.8 Å². The largest absolute Gasteiger partial charge is 0.337 e. The minimum Gasteiger partial charge on any atom is -0.337 e. The van der Waals surface area contributed by atoms with Crippen molar-refractivity contribution in [3.05, 3.63) is 21.9 Å². The molecule has 1 amide bonds. The molecule has 0 spiro atoms. The van der Waals surface area contributed by atoms with Crippen molar-refractivity contribution >= 4 is 17.2 Å². The third kappa shape index (κ3) is 3.49. The number of carbonyl (C=O) groups is 1. The molecule has 0 bridgehead atoms. The quantitative estimate of drug-likeness (QED) is 0.852. The van der Waals surface area contributed by atoms with Crippen LogP contribution in [0.2, 0.25) is 0 Å². The average Bonchev–Trinajstić information content (AvgIpc) is 3.00. The molecule has 1 aromatic heterocycles. The number of hydrogen-bond donors (Lipinski definition) is 0. The Morgan fingerprint density at radius 2 is 2.19 bits per heavy atom. The van der Waals surface area contributed by atoms with E-state index in [2.05, 4.69) is 28.2 Å². The SMILES string of the molecule is CCN(CC(=O)N1CCc2sccc2C1)C1CCCCC1. The summed E-state index contributed by atoms with van der Waals surface area (Å²) >= 11 is 1.83. The lowest BCUT2D eigenvalue weighted by Crippen LogP contribution is -2.46. The first-order chi connectivity index (χ1) is 10.3. The fourth-order valence-corrected chi connectivity index (χ4v) is 4.57. The summed E-state index contributed by atoms with van der Waals surface area (Å²) in [5.41, 5.74) is 1.36. The summed E-state index contributed by atoms with van der Waals surface area (Å²) in [5, 5.41) is 2.15. The summed E-state index contributed by atoms with van der Waals surface area (Å²) in [5.74, 6) is 0.319. The molecule has 1 aromatic rings. The lowest BCUT2D eigenvalue weighted by Gasteiger charge is -2.35. The topological polar surface area (TPSA) is 23.6 Å². The smallest absolute Gasteiger partial charge is 0.237 e. The van der Waals surface area contributed by atoms with E-state index in [0.717, 1.165) is 26.1 Å². The number of nitrogens with zero attached hydrogens (tertiary/aromatic N) is 2. The van der Waals surface area contributed by atoms with E-state index in [1.807, 2.05) is 11.3 Å². The molecule has 0 saturated heterocycles. The number of fused-ring (bicyclic) bond motifs is 1. The van der Waals surface area contributed by atoms with Crippen LogP contribution in [0, 0.1) is 0 Å². The van der Waals surface area contributed by atoms with Crippen molar-refractivity contribution in [2.75, 3.05) is 19.6 Å². The number of hydrogen-bond acceptors (Lipinski definition) is 3. The maximum Gasteiger partial charge on any atom is 0.237 e. The van der Waals surface area contributed by atoms with Gasteiger partial charge >= 0.3 is 0 Å². The predicted octanol–water partition coefficient (Wildman–Crippen LogP) is 3.29. The maximum atomic E-state index is 12.6. The van der Waals surface area contributed by atoms with Gasteiger partial charge in [0.1, 0.15) is 0 Å². The molecule has 1 aliphatic heterocycles. The monoisotopic (exact) mass is 306 g/mol. The van der Waals surface area contributed by atoms with Crippen molar-refractivity contribution in [2.24, 2.45) is 0 Å². The summed E-state index contributed by atoms with van der Waals surface area (Å²) in [6.45, 7) is 5.51. The molecule has 116 valence electrons. The van der Waals surface area contributed by atoms with E-state index in [9.17, 15) is 4.79 Å². The van der Waals surface area contributed by atoms with E-state index in [0.29, 0.717) is 18.5 Å². The molecule has 21 heavy (non-hydrogen) atoms. The molecule has 0 unspecified atom stereocenters. The molecule has 0 aromatic carbocycles. The Bertz CT molecular complexity index is 479. The normalized spacial score (nSPS) is 19.8. The zero-order chi connectivity index (χ0) is 14.7. The van der Waals surface area contributed by atoms with Crippen LogP contribution in [0.1, 0.15) is 49.5 Å². The van der Waals surface area contributed by atoms with Crippen molar-refractivity contribution in [1.29, 1.82) is 0 Å². The highest BCUT2D eigenvalue weighted by molar-refractivity contribution is 7.10. The Kier molecular flexibility index (Phi) is 4.96. The van der Waals surface area contributed by atoms with Gasteiger partial charge < -0.3 is 4.90 Å². The van der Waals surface area contributed by atoms with Crippen molar-refractivity contribution in [3.8, 4) is 0 Å². The molecule has 1 fully saturated rings. The molecule has 0 radical (unpaired) electrons. The molecule has 4 heteroatoms. The highest BCUT2D eigenvalue weighted by Crippen LogP contribution is 2.25. The van der Waals surface area contributed by atoms with Crippen LogP contribution in [-0.4, -0.2) is 41.4 Å². The molecule has 2 heterocycles. The number of likely N-dealkylation sites (N-methyl/N-ethyl adjacent to an activating group) is 1. The van der Waals surface area contributed by atoms with Gasteiger partial charge in [-0.1, -0.05) is 26.2 Å². The first-order valence-corrected chi connectivity index (χ1v) is 9.23. The first kappa shape index (κ1) is 15.0. The molecule has 3 nitrogen and oxygen atoms in total. The third-order valence-corrected chi connectivity index (χ3v) is 6.02. The summed E-state index contributed by atoms with van der Waals surface area (Å²) in [7, 11) is 0. The van der Waals surface area contributed by atoms with E-state index in [1.54, 1.807) is 0 Å². The maximum absolute atomic E-state index is 12.6. The number of thiophene rings is 1. The van der Waals surface area contributed by atoms with Gasteiger partial charge in [0.05, 0.1) is 6.54 Å². The molecule has 3 rings (SSSR count). The van der Waals surface area contributed by atoms with Gasteiger partial charge in [-0.25, -0.2) is 0 Å². The lowest BCUT2D eigenvalue weighted by atomic mass is 9.94. The lowest BCUT2D eigenvalue weighted by molar-refractivity contribution is -0.134. The zero-order valence-corrected chi connectivity index (χ0v) is 13.8. The second-order valence-electron chi connectivity index (χ2n) is 6.29. The van der Waals surface area contributed by atoms with Gasteiger partial charge in [0, 0.05) is 24.0 Å². The Labute approximate surface area is 131 Å². The van der Waals surface area contributed by atoms with Crippen molar-refractivity contribution in [1.82, 2.24) is 9.80 Å². The van der Waals surface area contributed by atoms with Crippen LogP contribution in [-0.2, 0) is 17.8 Å².